The van der Waals surface area contributed by atoms with Crippen molar-refractivity contribution in [3.8, 4) is 6.07 Å². The number of nitrogen functional groups attached to an aromatic ring is 1. The van der Waals surface area contributed by atoms with Crippen LogP contribution in [-0.2, 0) is 11.3 Å². The van der Waals surface area contributed by atoms with E-state index in [-0.39, 0.29) is 12.6 Å². The Morgan fingerprint density at radius 3 is 2.71 bits per heavy atom. The molecule has 1 aromatic heterocycles. The van der Waals surface area contributed by atoms with Crippen molar-refractivity contribution in [2.75, 3.05) is 12.3 Å². The van der Waals surface area contributed by atoms with Crippen LogP contribution < -0.4 is 11.1 Å². The summed E-state index contributed by atoms with van der Waals surface area (Å²) in [7, 11) is 0. The zero-order valence-electron chi connectivity index (χ0n) is 13.4. The molecule has 1 heterocycles. The maximum absolute atomic E-state index is 12.1. The summed E-state index contributed by atoms with van der Waals surface area (Å²) in [5, 5.41) is 13.6. The Hall–Kier alpha value is -2.07. The quantitative estimate of drug-likeness (QED) is 0.760. The van der Waals surface area contributed by atoms with Crippen molar-refractivity contribution >= 4 is 33.9 Å². The Morgan fingerprint density at radius 1 is 1.46 bits per heavy atom. The Kier molecular flexibility index (Phi) is 6.21. The highest BCUT2D eigenvalue weighted by atomic mass is 35.5. The lowest BCUT2D eigenvalue weighted by atomic mass is 10.1. The van der Waals surface area contributed by atoms with Crippen LogP contribution in [0.1, 0.15) is 46.3 Å². The normalized spacial score (nSPS) is 11.8. The number of nitrogens with one attached hydrogen (secondary N) is 1. The fraction of sp³-hybridized carbons (Fsp3) is 0.294. The second kappa shape index (κ2) is 8.15. The third-order valence-electron chi connectivity index (χ3n) is 3.56. The number of nitriles is 1. The highest BCUT2D eigenvalue weighted by Crippen LogP contribution is 2.31. The van der Waals surface area contributed by atoms with Gasteiger partial charge >= 0.3 is 5.97 Å². The summed E-state index contributed by atoms with van der Waals surface area (Å²) in [6, 6.07) is 9.59. The van der Waals surface area contributed by atoms with E-state index in [2.05, 4.69) is 11.4 Å². The first-order chi connectivity index (χ1) is 11.5. The molecule has 0 amide bonds. The van der Waals surface area contributed by atoms with Gasteiger partial charge in [-0.3, -0.25) is 0 Å². The standard InChI is InChI=1S/C17H18ClN3O2S/c1-3-23-17(22)15-14(13(8-19)16(20)24-15)9-21-10(2)11-4-6-12(18)7-5-11/h4-7,10,21H,3,9,20H2,1-2H3/t10-/m1/s1. The van der Waals surface area contributed by atoms with E-state index in [0.717, 1.165) is 16.9 Å². The van der Waals surface area contributed by atoms with Gasteiger partial charge in [0.15, 0.2) is 0 Å². The first-order valence-corrected chi connectivity index (χ1v) is 8.64. The van der Waals surface area contributed by atoms with Gasteiger partial charge in [-0.15, -0.1) is 11.3 Å². The van der Waals surface area contributed by atoms with Crippen LogP contribution in [-0.4, -0.2) is 12.6 Å². The molecule has 1 atom stereocenters. The second-order valence-electron chi connectivity index (χ2n) is 5.14. The lowest BCUT2D eigenvalue weighted by Gasteiger charge is -2.15. The van der Waals surface area contributed by atoms with Crippen LogP contribution in [0.4, 0.5) is 5.00 Å². The smallest absolute Gasteiger partial charge is 0.348 e. The topological polar surface area (TPSA) is 88.1 Å². The van der Waals surface area contributed by atoms with Gasteiger partial charge in [0.2, 0.25) is 0 Å². The van der Waals surface area contributed by atoms with Gasteiger partial charge in [0.1, 0.15) is 15.9 Å². The third kappa shape index (κ3) is 4.06. The minimum Gasteiger partial charge on any atom is -0.462 e. The van der Waals surface area contributed by atoms with Gasteiger partial charge in [0.05, 0.1) is 12.2 Å². The van der Waals surface area contributed by atoms with Gasteiger partial charge in [0, 0.05) is 23.2 Å². The number of hydrogen-bond acceptors (Lipinski definition) is 6. The van der Waals surface area contributed by atoms with Crippen molar-refractivity contribution in [2.24, 2.45) is 0 Å². The lowest BCUT2D eigenvalue weighted by molar-refractivity contribution is 0.0530. The largest absolute Gasteiger partial charge is 0.462 e. The number of nitrogens with two attached hydrogens (primary N) is 1. The molecule has 5 nitrogen and oxygen atoms in total. The van der Waals surface area contributed by atoms with E-state index in [1.54, 1.807) is 6.92 Å². The molecule has 0 radical (unpaired) electrons. The van der Waals surface area contributed by atoms with E-state index in [0.29, 0.717) is 32.6 Å². The van der Waals surface area contributed by atoms with Crippen LogP contribution in [0.3, 0.4) is 0 Å². The van der Waals surface area contributed by atoms with E-state index >= 15 is 0 Å². The molecule has 0 spiro atoms. The van der Waals surface area contributed by atoms with Gasteiger partial charge in [-0.25, -0.2) is 4.79 Å². The summed E-state index contributed by atoms with van der Waals surface area (Å²) < 4.78 is 5.05. The number of carbonyl (C=O) groups is 1. The Morgan fingerprint density at radius 2 is 2.12 bits per heavy atom. The van der Waals surface area contributed by atoms with Crippen molar-refractivity contribution in [2.45, 2.75) is 26.4 Å². The maximum atomic E-state index is 12.1. The molecule has 0 aliphatic rings. The minimum atomic E-state index is -0.452. The van der Waals surface area contributed by atoms with E-state index in [9.17, 15) is 10.1 Å². The van der Waals surface area contributed by atoms with Crippen molar-refractivity contribution in [1.82, 2.24) is 5.32 Å². The summed E-state index contributed by atoms with van der Waals surface area (Å²) in [6.07, 6.45) is 0. The number of esters is 1. The second-order valence-corrected chi connectivity index (χ2v) is 6.62. The molecule has 2 rings (SSSR count). The number of ether oxygens (including phenoxy) is 1. The molecular weight excluding hydrogens is 346 g/mol. The lowest BCUT2D eigenvalue weighted by Crippen LogP contribution is -2.20. The molecule has 126 valence electrons. The first kappa shape index (κ1) is 18.3. The summed E-state index contributed by atoms with van der Waals surface area (Å²) in [4.78, 5) is 12.5. The number of hydrogen-bond donors (Lipinski definition) is 2. The molecule has 2 aromatic rings. The van der Waals surface area contributed by atoms with Gasteiger partial charge in [-0.1, -0.05) is 23.7 Å². The number of halogens is 1. The van der Waals surface area contributed by atoms with E-state index in [1.807, 2.05) is 31.2 Å². The van der Waals surface area contributed by atoms with Crippen LogP contribution in [0.15, 0.2) is 24.3 Å². The third-order valence-corrected chi connectivity index (χ3v) is 4.86. The average molecular weight is 364 g/mol. The number of carbonyl (C=O) groups excluding carboxylic acids is 1. The fourth-order valence-corrected chi connectivity index (χ4v) is 3.32. The number of nitrogens with zero attached hydrogens (tertiary/aromatic N) is 1. The zero-order chi connectivity index (χ0) is 17.7. The predicted octanol–water partition coefficient (Wildman–Crippen LogP) is 3.88. The first-order valence-electron chi connectivity index (χ1n) is 7.45. The molecule has 1 aromatic carbocycles. The monoisotopic (exact) mass is 363 g/mol. The average Bonchev–Trinajstić information content (AvgIpc) is 2.89. The molecule has 0 saturated heterocycles. The molecule has 0 unspecified atom stereocenters. The Bertz CT molecular complexity index is 765. The molecule has 3 N–H and O–H groups in total. The molecule has 0 bridgehead atoms. The highest BCUT2D eigenvalue weighted by molar-refractivity contribution is 7.18. The molecule has 24 heavy (non-hydrogen) atoms. The van der Waals surface area contributed by atoms with Crippen molar-refractivity contribution < 1.29 is 9.53 Å². The SMILES string of the molecule is CCOC(=O)c1sc(N)c(C#N)c1CN[C@H](C)c1ccc(Cl)cc1. The molecule has 0 saturated carbocycles. The van der Waals surface area contributed by atoms with E-state index in [1.165, 1.54) is 0 Å². The van der Waals surface area contributed by atoms with Crippen molar-refractivity contribution in [3.05, 3.63) is 50.9 Å². The minimum absolute atomic E-state index is 0.0185. The molecule has 0 fully saturated rings. The van der Waals surface area contributed by atoms with Crippen LogP contribution in [0.25, 0.3) is 0 Å². The Labute approximate surface area is 150 Å². The van der Waals surface area contributed by atoms with Gasteiger partial charge < -0.3 is 15.8 Å². The van der Waals surface area contributed by atoms with Crippen LogP contribution >= 0.6 is 22.9 Å². The predicted molar refractivity (Wildman–Crippen MR) is 96.1 cm³/mol. The van der Waals surface area contributed by atoms with Crippen LogP contribution in [0.5, 0.6) is 0 Å². The summed E-state index contributed by atoms with van der Waals surface area (Å²) in [5.74, 6) is -0.452. The highest BCUT2D eigenvalue weighted by Gasteiger charge is 2.23. The van der Waals surface area contributed by atoms with Gasteiger partial charge in [-0.2, -0.15) is 5.26 Å². The number of rotatable bonds is 6. The van der Waals surface area contributed by atoms with Crippen molar-refractivity contribution in [3.63, 3.8) is 0 Å². The van der Waals surface area contributed by atoms with Crippen LogP contribution in [0.2, 0.25) is 5.02 Å². The molecular formula is C17H18ClN3O2S. The number of benzene rings is 1. The number of anilines is 1. The summed E-state index contributed by atoms with van der Waals surface area (Å²) in [5.41, 5.74) is 7.84. The van der Waals surface area contributed by atoms with Crippen LogP contribution in [0, 0.1) is 11.3 Å². The van der Waals surface area contributed by atoms with Gasteiger partial charge in [0.25, 0.3) is 0 Å². The van der Waals surface area contributed by atoms with Gasteiger partial charge in [-0.05, 0) is 31.5 Å². The maximum Gasteiger partial charge on any atom is 0.348 e. The van der Waals surface area contributed by atoms with Crippen molar-refractivity contribution in [1.29, 1.82) is 5.26 Å². The molecule has 0 aliphatic carbocycles. The van der Waals surface area contributed by atoms with E-state index in [4.69, 9.17) is 22.1 Å². The summed E-state index contributed by atoms with van der Waals surface area (Å²) >= 11 is 6.98. The Balaban J connectivity index is 2.20. The number of thiophene rings is 1. The zero-order valence-corrected chi connectivity index (χ0v) is 15.0. The fourth-order valence-electron chi connectivity index (χ4n) is 2.26. The molecule has 7 heteroatoms. The molecule has 0 aliphatic heterocycles. The summed E-state index contributed by atoms with van der Waals surface area (Å²) in [6.45, 7) is 4.34. The van der Waals surface area contributed by atoms with E-state index < -0.39 is 5.97 Å².